The lowest BCUT2D eigenvalue weighted by molar-refractivity contribution is -0.138. The predicted octanol–water partition coefficient (Wildman–Crippen LogP) is 6.56. The van der Waals surface area contributed by atoms with E-state index in [-0.39, 0.29) is 24.0 Å². The minimum Gasteiger partial charge on any atom is -0.494 e. The van der Waals surface area contributed by atoms with E-state index in [1.165, 1.54) is 6.07 Å². The Morgan fingerprint density at radius 1 is 1.03 bits per heavy atom. The number of carboxylic acids is 1. The van der Waals surface area contributed by atoms with E-state index in [4.69, 9.17) is 21.4 Å². The molecular weight excluding hydrogens is 517 g/mol. The van der Waals surface area contributed by atoms with Crippen molar-refractivity contribution in [3.05, 3.63) is 100 Å². The molecule has 3 aromatic carbocycles. The Kier molecular flexibility index (Phi) is 10.6. The van der Waals surface area contributed by atoms with Gasteiger partial charge in [-0.2, -0.15) is 13.2 Å². The Bertz CT molecular complexity index is 1190. The summed E-state index contributed by atoms with van der Waals surface area (Å²) in [5.41, 5.74) is 1.32. The summed E-state index contributed by atoms with van der Waals surface area (Å²) in [4.78, 5) is 15.2. The van der Waals surface area contributed by atoms with E-state index in [0.29, 0.717) is 43.0 Å². The molecule has 0 aliphatic heterocycles. The van der Waals surface area contributed by atoms with Gasteiger partial charge in [-0.05, 0) is 55.4 Å². The van der Waals surface area contributed by atoms with Gasteiger partial charge in [0.05, 0.1) is 23.6 Å². The van der Waals surface area contributed by atoms with Crippen molar-refractivity contribution in [3.8, 4) is 5.75 Å². The highest BCUT2D eigenvalue weighted by Crippen LogP contribution is 2.36. The number of hydrogen-bond donors (Lipinski definition) is 1. The first-order valence-corrected chi connectivity index (χ1v) is 12.6. The van der Waals surface area contributed by atoms with Gasteiger partial charge in [0.1, 0.15) is 5.75 Å². The van der Waals surface area contributed by atoms with E-state index in [9.17, 15) is 18.0 Å². The van der Waals surface area contributed by atoms with Crippen LogP contribution >= 0.6 is 11.6 Å². The molecule has 0 bridgehead atoms. The highest BCUT2D eigenvalue weighted by atomic mass is 35.5. The summed E-state index contributed by atoms with van der Waals surface area (Å²) in [6, 6.07) is 20.9. The fourth-order valence-electron chi connectivity index (χ4n) is 4.28. The molecule has 5 nitrogen and oxygen atoms in total. The van der Waals surface area contributed by atoms with Crippen LogP contribution in [-0.4, -0.2) is 54.7 Å². The maximum absolute atomic E-state index is 13.5. The van der Waals surface area contributed by atoms with Gasteiger partial charge in [0, 0.05) is 25.7 Å². The molecule has 0 saturated carbocycles. The van der Waals surface area contributed by atoms with Gasteiger partial charge in [-0.3, -0.25) is 9.69 Å². The van der Waals surface area contributed by atoms with E-state index < -0.39 is 17.7 Å². The van der Waals surface area contributed by atoms with Gasteiger partial charge in [0.25, 0.3) is 0 Å². The van der Waals surface area contributed by atoms with Gasteiger partial charge in [-0.15, -0.1) is 0 Å². The lowest BCUT2D eigenvalue weighted by Crippen LogP contribution is -2.35. The predicted molar refractivity (Wildman–Crippen MR) is 142 cm³/mol. The summed E-state index contributed by atoms with van der Waals surface area (Å²) >= 11 is 6.22. The molecular formula is C29H32ClF3N2O3. The van der Waals surface area contributed by atoms with Gasteiger partial charge in [-0.25, -0.2) is 0 Å². The van der Waals surface area contributed by atoms with E-state index in [2.05, 4.69) is 9.80 Å². The molecule has 0 heterocycles. The topological polar surface area (TPSA) is 53.0 Å². The maximum atomic E-state index is 13.5. The van der Waals surface area contributed by atoms with Crippen molar-refractivity contribution in [2.45, 2.75) is 31.6 Å². The minimum absolute atomic E-state index is 0.00870. The van der Waals surface area contributed by atoms with Crippen LogP contribution in [0.15, 0.2) is 72.8 Å². The Balaban J connectivity index is 1.75. The number of carbonyl (C=O) groups is 1. The SMILES string of the molecule is CN(C)C(CN(CCCOc1cccc(CC(=O)O)c1)Cc1cccc(C(F)(F)F)c1Cl)c1ccccc1. The largest absolute Gasteiger partial charge is 0.494 e. The van der Waals surface area contributed by atoms with Crippen molar-refractivity contribution in [2.75, 3.05) is 33.8 Å². The standard InChI is InChI=1S/C29H32ClF3N2O3/c1-34(2)26(22-10-4-3-5-11-22)20-35(19-23-12-7-14-25(28(23)30)29(31,32)33)15-8-16-38-24-13-6-9-21(17-24)18-27(36)37/h3-7,9-14,17,26H,8,15-16,18-20H2,1-2H3,(H,36,37). The van der Waals surface area contributed by atoms with E-state index in [1.807, 2.05) is 44.4 Å². The first kappa shape index (κ1) is 29.5. The zero-order valence-electron chi connectivity index (χ0n) is 21.4. The second kappa shape index (κ2) is 13.6. The molecule has 1 unspecified atom stereocenters. The second-order valence-electron chi connectivity index (χ2n) is 9.32. The van der Waals surface area contributed by atoms with Crippen LogP contribution in [0, 0.1) is 0 Å². The fourth-order valence-corrected chi connectivity index (χ4v) is 4.57. The van der Waals surface area contributed by atoms with Crippen molar-refractivity contribution in [2.24, 2.45) is 0 Å². The number of hydrogen-bond acceptors (Lipinski definition) is 4. The summed E-state index contributed by atoms with van der Waals surface area (Å²) in [6.07, 6.45) is -4.01. The van der Waals surface area contributed by atoms with Gasteiger partial charge in [0.15, 0.2) is 0 Å². The van der Waals surface area contributed by atoms with Crippen molar-refractivity contribution in [1.29, 1.82) is 0 Å². The van der Waals surface area contributed by atoms with Crippen LogP contribution in [-0.2, 0) is 23.9 Å². The summed E-state index contributed by atoms with van der Waals surface area (Å²) in [5, 5.41) is 8.73. The van der Waals surface area contributed by atoms with Crippen molar-refractivity contribution in [1.82, 2.24) is 9.80 Å². The Hall–Kier alpha value is -3.07. The molecule has 0 aliphatic carbocycles. The first-order valence-electron chi connectivity index (χ1n) is 12.3. The molecule has 0 aromatic heterocycles. The number of alkyl halides is 3. The van der Waals surface area contributed by atoms with Gasteiger partial charge >= 0.3 is 12.1 Å². The van der Waals surface area contributed by atoms with Crippen LogP contribution < -0.4 is 4.74 Å². The molecule has 0 radical (unpaired) electrons. The molecule has 0 fully saturated rings. The molecule has 1 N–H and O–H groups in total. The van der Waals surface area contributed by atoms with Gasteiger partial charge in [-0.1, -0.05) is 66.2 Å². The lowest BCUT2D eigenvalue weighted by atomic mass is 10.0. The third kappa shape index (κ3) is 8.75. The zero-order valence-corrected chi connectivity index (χ0v) is 22.2. The number of ether oxygens (including phenoxy) is 1. The molecule has 38 heavy (non-hydrogen) atoms. The average Bonchev–Trinajstić information content (AvgIpc) is 2.85. The zero-order chi connectivity index (χ0) is 27.7. The molecule has 3 rings (SSSR count). The molecule has 204 valence electrons. The Labute approximate surface area is 226 Å². The quantitative estimate of drug-likeness (QED) is 0.245. The van der Waals surface area contributed by atoms with Crippen molar-refractivity contribution >= 4 is 17.6 Å². The Morgan fingerprint density at radius 2 is 1.74 bits per heavy atom. The summed E-state index contributed by atoms with van der Waals surface area (Å²) in [5.74, 6) is -0.341. The molecule has 0 saturated heterocycles. The molecule has 3 aromatic rings. The third-order valence-electron chi connectivity index (χ3n) is 6.16. The first-order chi connectivity index (χ1) is 18.0. The van der Waals surface area contributed by atoms with Crippen molar-refractivity contribution in [3.63, 3.8) is 0 Å². The number of nitrogens with zero attached hydrogens (tertiary/aromatic N) is 2. The van der Waals surface area contributed by atoms with Crippen LogP contribution in [0.4, 0.5) is 13.2 Å². The van der Waals surface area contributed by atoms with Gasteiger partial charge < -0.3 is 14.7 Å². The van der Waals surface area contributed by atoms with Crippen LogP contribution in [0.2, 0.25) is 5.02 Å². The molecule has 0 amide bonds. The van der Waals surface area contributed by atoms with Crippen LogP contribution in [0.5, 0.6) is 5.75 Å². The summed E-state index contributed by atoms with van der Waals surface area (Å²) in [7, 11) is 3.95. The number of rotatable bonds is 13. The maximum Gasteiger partial charge on any atom is 0.417 e. The number of benzene rings is 3. The Morgan fingerprint density at radius 3 is 2.39 bits per heavy atom. The smallest absolute Gasteiger partial charge is 0.417 e. The fraction of sp³-hybridized carbons (Fsp3) is 0.345. The summed E-state index contributed by atoms with van der Waals surface area (Å²) < 4.78 is 46.2. The number of carboxylic acid groups (broad SMARTS) is 1. The summed E-state index contributed by atoms with van der Waals surface area (Å²) in [6.45, 7) is 1.73. The van der Waals surface area contributed by atoms with Gasteiger partial charge in [0.2, 0.25) is 0 Å². The average molecular weight is 549 g/mol. The van der Waals surface area contributed by atoms with E-state index in [0.717, 1.165) is 11.6 Å². The number of halogens is 4. The number of likely N-dealkylation sites (N-methyl/N-ethyl adjacent to an activating group) is 1. The lowest BCUT2D eigenvalue weighted by Gasteiger charge is -2.32. The molecule has 0 aliphatic rings. The van der Waals surface area contributed by atoms with Crippen LogP contribution in [0.1, 0.15) is 34.7 Å². The second-order valence-corrected chi connectivity index (χ2v) is 9.70. The molecule has 1 atom stereocenters. The highest BCUT2D eigenvalue weighted by Gasteiger charge is 2.34. The number of aliphatic carboxylic acids is 1. The minimum atomic E-state index is -4.53. The molecule has 9 heteroatoms. The van der Waals surface area contributed by atoms with E-state index in [1.54, 1.807) is 30.3 Å². The monoisotopic (exact) mass is 548 g/mol. The van der Waals surface area contributed by atoms with E-state index >= 15 is 0 Å². The normalized spacial score (nSPS) is 12.6. The molecule has 0 spiro atoms. The third-order valence-corrected chi connectivity index (χ3v) is 6.60. The van der Waals surface area contributed by atoms with Crippen LogP contribution in [0.25, 0.3) is 0 Å². The van der Waals surface area contributed by atoms with Crippen molar-refractivity contribution < 1.29 is 27.8 Å². The highest BCUT2D eigenvalue weighted by molar-refractivity contribution is 6.32. The van der Waals surface area contributed by atoms with Crippen LogP contribution in [0.3, 0.4) is 0 Å².